The first kappa shape index (κ1) is 23.7. The van der Waals surface area contributed by atoms with Crippen molar-refractivity contribution in [1.82, 2.24) is 0 Å². The molecule has 4 aromatic rings. The van der Waals surface area contributed by atoms with Crippen molar-refractivity contribution in [2.24, 2.45) is 0 Å². The summed E-state index contributed by atoms with van der Waals surface area (Å²) in [5.74, 6) is 1.19. The molecule has 0 amide bonds. The van der Waals surface area contributed by atoms with E-state index in [1.165, 1.54) is 26.4 Å². The number of rotatable bonds is 6. The molecule has 2 aromatic heterocycles. The van der Waals surface area contributed by atoms with E-state index in [4.69, 9.17) is 18.3 Å². The first-order valence-corrected chi connectivity index (χ1v) is 11.9. The van der Waals surface area contributed by atoms with Gasteiger partial charge >= 0.3 is 11.3 Å². The molecule has 184 valence electrons. The fourth-order valence-electron chi connectivity index (χ4n) is 5.55. The van der Waals surface area contributed by atoms with Crippen LogP contribution in [0.1, 0.15) is 57.4 Å². The summed E-state index contributed by atoms with van der Waals surface area (Å²) in [6, 6.07) is 22.9. The van der Waals surface area contributed by atoms with Crippen LogP contribution in [0.15, 0.2) is 91.2 Å². The summed E-state index contributed by atoms with van der Waals surface area (Å²) in [6.45, 7) is 4.12. The van der Waals surface area contributed by atoms with Crippen LogP contribution in [-0.2, 0) is 0 Å². The first-order chi connectivity index (χ1) is 17.4. The normalized spacial score (nSPS) is 21.0. The van der Waals surface area contributed by atoms with Crippen LogP contribution in [0.5, 0.6) is 11.5 Å². The van der Waals surface area contributed by atoms with Gasteiger partial charge in [-0.15, -0.1) is 0 Å². The Bertz CT molecular complexity index is 1400. The van der Waals surface area contributed by atoms with E-state index in [0.717, 1.165) is 22.3 Å². The Morgan fingerprint density at radius 1 is 0.583 bits per heavy atom. The topological polar surface area (TPSA) is 78.9 Å². The predicted octanol–water partition coefficient (Wildman–Crippen LogP) is 5.68. The van der Waals surface area contributed by atoms with Gasteiger partial charge < -0.3 is 18.3 Å². The lowest BCUT2D eigenvalue weighted by Gasteiger charge is -2.51. The summed E-state index contributed by atoms with van der Waals surface area (Å²) >= 11 is 0. The molecule has 0 spiro atoms. The van der Waals surface area contributed by atoms with E-state index in [0.29, 0.717) is 23.0 Å². The SMILES string of the molecule is COc1cc(C2C(c3cccc(C)c3)C(c3cccc(C)c3)C2c2cc(OC)cc(=O)o2)oc(=O)c1. The van der Waals surface area contributed by atoms with Crippen LogP contribution >= 0.6 is 0 Å². The molecule has 1 fully saturated rings. The van der Waals surface area contributed by atoms with Crippen LogP contribution in [-0.4, -0.2) is 14.2 Å². The smallest absolute Gasteiger partial charge is 0.339 e. The fraction of sp³-hybridized carbons (Fsp3) is 0.267. The Morgan fingerprint density at radius 3 is 1.36 bits per heavy atom. The lowest BCUT2D eigenvalue weighted by molar-refractivity contribution is 0.166. The van der Waals surface area contributed by atoms with Gasteiger partial charge in [-0.1, -0.05) is 59.7 Å². The molecule has 5 rings (SSSR count). The molecule has 1 saturated carbocycles. The second-order valence-electron chi connectivity index (χ2n) is 9.37. The van der Waals surface area contributed by atoms with E-state index >= 15 is 0 Å². The zero-order chi connectivity index (χ0) is 25.4. The highest BCUT2D eigenvalue weighted by Crippen LogP contribution is 2.66. The van der Waals surface area contributed by atoms with Gasteiger partial charge in [0.1, 0.15) is 23.0 Å². The molecule has 0 aliphatic heterocycles. The lowest BCUT2D eigenvalue weighted by atomic mass is 9.51. The van der Waals surface area contributed by atoms with E-state index in [1.807, 2.05) is 12.1 Å². The molecule has 36 heavy (non-hydrogen) atoms. The predicted molar refractivity (Wildman–Crippen MR) is 136 cm³/mol. The Hall–Kier alpha value is -4.06. The number of benzene rings is 2. The highest BCUT2D eigenvalue weighted by molar-refractivity contribution is 5.47. The van der Waals surface area contributed by atoms with Gasteiger partial charge in [-0.25, -0.2) is 9.59 Å². The van der Waals surface area contributed by atoms with Gasteiger partial charge in [0, 0.05) is 35.8 Å². The van der Waals surface area contributed by atoms with Crippen molar-refractivity contribution >= 4 is 0 Å². The molecule has 2 aromatic carbocycles. The van der Waals surface area contributed by atoms with Crippen LogP contribution in [0.2, 0.25) is 0 Å². The van der Waals surface area contributed by atoms with Crippen LogP contribution in [0.4, 0.5) is 0 Å². The molecule has 2 heterocycles. The molecule has 1 aliphatic carbocycles. The van der Waals surface area contributed by atoms with E-state index in [-0.39, 0.29) is 23.7 Å². The minimum Gasteiger partial charge on any atom is -0.496 e. The maximum absolute atomic E-state index is 12.5. The summed E-state index contributed by atoms with van der Waals surface area (Å²) in [5.41, 5.74) is 3.54. The largest absolute Gasteiger partial charge is 0.496 e. The average Bonchev–Trinajstić information content (AvgIpc) is 2.83. The van der Waals surface area contributed by atoms with Crippen molar-refractivity contribution in [3.63, 3.8) is 0 Å². The van der Waals surface area contributed by atoms with Gasteiger partial charge in [0.25, 0.3) is 0 Å². The quantitative estimate of drug-likeness (QED) is 0.351. The first-order valence-electron chi connectivity index (χ1n) is 11.9. The molecular weight excluding hydrogens is 456 g/mol. The molecule has 4 unspecified atom stereocenters. The molecular formula is C30H28O6. The lowest BCUT2D eigenvalue weighted by Crippen LogP contribution is -2.40. The summed E-state index contributed by atoms with van der Waals surface area (Å²) in [4.78, 5) is 24.9. The molecule has 0 saturated heterocycles. The summed E-state index contributed by atoms with van der Waals surface area (Å²) in [6.07, 6.45) is 0. The van der Waals surface area contributed by atoms with Crippen LogP contribution < -0.4 is 20.7 Å². The third kappa shape index (κ3) is 4.35. The van der Waals surface area contributed by atoms with E-state index in [1.54, 1.807) is 12.1 Å². The molecule has 0 bridgehead atoms. The van der Waals surface area contributed by atoms with Crippen LogP contribution in [0.25, 0.3) is 0 Å². The highest BCUT2D eigenvalue weighted by Gasteiger charge is 2.55. The number of methoxy groups -OCH3 is 2. The van der Waals surface area contributed by atoms with E-state index < -0.39 is 11.3 Å². The minimum absolute atomic E-state index is 0.0385. The molecule has 4 atom stereocenters. The zero-order valence-electron chi connectivity index (χ0n) is 20.7. The van der Waals surface area contributed by atoms with Gasteiger partial charge in [0.05, 0.1) is 26.4 Å². The monoisotopic (exact) mass is 484 g/mol. The summed E-state index contributed by atoms with van der Waals surface area (Å²) in [5, 5.41) is 0. The Labute approximate surface area is 209 Å². The summed E-state index contributed by atoms with van der Waals surface area (Å²) in [7, 11) is 3.04. The van der Waals surface area contributed by atoms with Crippen LogP contribution in [0.3, 0.4) is 0 Å². The van der Waals surface area contributed by atoms with Gasteiger partial charge in [-0.05, 0) is 25.0 Å². The number of hydrogen-bond donors (Lipinski definition) is 0. The van der Waals surface area contributed by atoms with Crippen molar-refractivity contribution < 1.29 is 18.3 Å². The van der Waals surface area contributed by atoms with Gasteiger partial charge in [0.2, 0.25) is 0 Å². The molecule has 6 heteroatoms. The van der Waals surface area contributed by atoms with Crippen molar-refractivity contribution in [2.45, 2.75) is 37.5 Å². The van der Waals surface area contributed by atoms with Gasteiger partial charge in [-0.2, -0.15) is 0 Å². The van der Waals surface area contributed by atoms with Gasteiger partial charge in [-0.3, -0.25) is 0 Å². The Morgan fingerprint density at radius 2 is 1.00 bits per heavy atom. The van der Waals surface area contributed by atoms with Crippen molar-refractivity contribution in [2.75, 3.05) is 14.2 Å². The highest BCUT2D eigenvalue weighted by atomic mass is 16.5. The summed E-state index contributed by atoms with van der Waals surface area (Å²) < 4.78 is 22.3. The van der Waals surface area contributed by atoms with Crippen molar-refractivity contribution in [3.8, 4) is 11.5 Å². The van der Waals surface area contributed by atoms with Gasteiger partial charge in [0.15, 0.2) is 0 Å². The minimum atomic E-state index is -0.489. The van der Waals surface area contributed by atoms with E-state index in [9.17, 15) is 9.59 Å². The molecule has 0 radical (unpaired) electrons. The van der Waals surface area contributed by atoms with E-state index in [2.05, 4.69) is 50.2 Å². The second kappa shape index (κ2) is 9.53. The maximum atomic E-state index is 12.5. The third-order valence-corrected chi connectivity index (χ3v) is 7.06. The second-order valence-corrected chi connectivity index (χ2v) is 9.37. The number of ether oxygens (including phenoxy) is 2. The maximum Gasteiger partial charge on any atom is 0.339 e. The Balaban J connectivity index is 1.76. The van der Waals surface area contributed by atoms with Crippen LogP contribution in [0, 0.1) is 13.8 Å². The number of hydrogen-bond acceptors (Lipinski definition) is 6. The number of aryl methyl sites for hydroxylation is 2. The fourth-order valence-corrected chi connectivity index (χ4v) is 5.55. The zero-order valence-corrected chi connectivity index (χ0v) is 20.7. The van der Waals surface area contributed by atoms with Crippen molar-refractivity contribution in [1.29, 1.82) is 0 Å². The molecule has 1 aliphatic rings. The van der Waals surface area contributed by atoms with Crippen molar-refractivity contribution in [3.05, 3.63) is 127 Å². The molecule has 6 nitrogen and oxygen atoms in total. The molecule has 0 N–H and O–H groups in total. The Kier molecular flexibility index (Phi) is 6.27. The average molecular weight is 485 g/mol. The third-order valence-electron chi connectivity index (χ3n) is 7.06. The standard InChI is InChI=1S/C30H28O6/c1-17-7-5-9-19(11-17)27-28(20-10-6-8-18(2)12-20)30(24-14-22(34-4)16-26(32)36-24)29(27)23-13-21(33-3)15-25(31)35-23/h5-16,27-30H,1-4H3.